The number of hydrogen-bond donors (Lipinski definition) is 1. The monoisotopic (exact) mass is 590 g/mol. The summed E-state index contributed by atoms with van der Waals surface area (Å²) in [6, 6.07) is 0. The van der Waals surface area contributed by atoms with Crippen molar-refractivity contribution >= 4 is 81.6 Å². The number of aromatic carboxylic acids is 1. The lowest BCUT2D eigenvalue weighted by Gasteiger charge is -2.14. The van der Waals surface area contributed by atoms with E-state index in [9.17, 15) is 19.5 Å². The maximum Gasteiger partial charge on any atom is 0.340 e. The summed E-state index contributed by atoms with van der Waals surface area (Å²) >= 11 is 12.8. The highest BCUT2D eigenvalue weighted by Crippen LogP contribution is 2.42. The molecule has 1 N–H and O–H groups in total. The van der Waals surface area contributed by atoms with Gasteiger partial charge in [-0.3, -0.25) is 0 Å². The molecule has 0 amide bonds. The molecule has 0 aliphatic rings. The molecule has 0 saturated heterocycles. The van der Waals surface area contributed by atoms with E-state index >= 15 is 0 Å². The quantitative estimate of drug-likeness (QED) is 0.169. The molecule has 0 saturated carbocycles. The highest BCUT2D eigenvalue weighted by molar-refractivity contribution is 9.15. The lowest BCUT2D eigenvalue weighted by molar-refractivity contribution is -0.140. The second kappa shape index (κ2) is 9.12. The number of benzene rings is 1. The van der Waals surface area contributed by atoms with Gasteiger partial charge in [-0.1, -0.05) is 6.58 Å². The number of halogens is 4. The van der Waals surface area contributed by atoms with Gasteiger partial charge in [-0.05, 0) is 70.6 Å². The number of rotatable bonds is 6. The van der Waals surface area contributed by atoms with Crippen molar-refractivity contribution in [3.8, 4) is 0 Å². The zero-order chi connectivity index (χ0) is 18.6. The van der Waals surface area contributed by atoms with E-state index in [0.717, 1.165) is 0 Å². The molecular formula is C14H10Br4O6. The molecule has 10 heteroatoms. The van der Waals surface area contributed by atoms with E-state index in [-0.39, 0.29) is 38.9 Å². The number of carbonyl (C=O) groups excluding carboxylic acids is 2. The minimum absolute atomic E-state index is 0.170. The van der Waals surface area contributed by atoms with E-state index in [1.54, 1.807) is 0 Å². The molecule has 0 atom stereocenters. The minimum atomic E-state index is -1.31. The fraction of sp³-hybridized carbons (Fsp3) is 0.214. The van der Waals surface area contributed by atoms with Crippen molar-refractivity contribution in [2.45, 2.75) is 6.92 Å². The smallest absolute Gasteiger partial charge is 0.340 e. The molecule has 1 aromatic rings. The van der Waals surface area contributed by atoms with Crippen molar-refractivity contribution in [2.24, 2.45) is 0 Å². The Labute approximate surface area is 171 Å². The van der Waals surface area contributed by atoms with Crippen molar-refractivity contribution in [1.29, 1.82) is 0 Å². The molecule has 0 fully saturated rings. The number of carboxylic acid groups (broad SMARTS) is 1. The first kappa shape index (κ1) is 21.3. The van der Waals surface area contributed by atoms with Crippen molar-refractivity contribution < 1.29 is 29.0 Å². The maximum atomic E-state index is 12.3. The SMILES string of the molecule is C=C(C)C(=O)OCCOC(=O)c1c(Br)c(Br)c(Br)c(Br)c1C(=O)O. The first-order valence-electron chi connectivity index (χ1n) is 6.18. The first-order valence-corrected chi connectivity index (χ1v) is 9.35. The van der Waals surface area contributed by atoms with Gasteiger partial charge in [-0.25, -0.2) is 14.4 Å². The second-order valence-corrected chi connectivity index (χ2v) is 7.54. The number of ether oxygens (including phenoxy) is 2. The van der Waals surface area contributed by atoms with Crippen molar-refractivity contribution in [2.75, 3.05) is 13.2 Å². The zero-order valence-electron chi connectivity index (χ0n) is 12.1. The third kappa shape index (κ3) is 4.90. The van der Waals surface area contributed by atoms with Crippen molar-refractivity contribution in [3.63, 3.8) is 0 Å². The van der Waals surface area contributed by atoms with Crippen LogP contribution in [-0.2, 0) is 14.3 Å². The van der Waals surface area contributed by atoms with Crippen LogP contribution in [-0.4, -0.2) is 36.2 Å². The van der Waals surface area contributed by atoms with Crippen LogP contribution in [0.25, 0.3) is 0 Å². The number of esters is 2. The summed E-state index contributed by atoms with van der Waals surface area (Å²) in [6.07, 6.45) is 0. The van der Waals surface area contributed by atoms with Crippen LogP contribution in [0.1, 0.15) is 27.6 Å². The molecule has 0 radical (unpaired) electrons. The molecule has 0 aliphatic heterocycles. The normalized spacial score (nSPS) is 10.2. The topological polar surface area (TPSA) is 89.9 Å². The zero-order valence-corrected chi connectivity index (χ0v) is 18.5. The Balaban J connectivity index is 3.01. The van der Waals surface area contributed by atoms with Crippen LogP contribution in [0.5, 0.6) is 0 Å². The molecule has 24 heavy (non-hydrogen) atoms. The summed E-state index contributed by atoms with van der Waals surface area (Å²) < 4.78 is 11.1. The van der Waals surface area contributed by atoms with Crippen molar-refractivity contribution in [3.05, 3.63) is 41.2 Å². The molecule has 1 rings (SSSR count). The summed E-state index contributed by atoms with van der Waals surface area (Å²) in [4.78, 5) is 35.0. The van der Waals surface area contributed by atoms with Crippen LogP contribution in [0, 0.1) is 0 Å². The molecule has 0 aliphatic carbocycles. The second-order valence-electron chi connectivity index (χ2n) is 4.36. The van der Waals surface area contributed by atoms with Gasteiger partial charge in [0, 0.05) is 23.5 Å². The van der Waals surface area contributed by atoms with Crippen LogP contribution in [0.3, 0.4) is 0 Å². The van der Waals surface area contributed by atoms with Crippen LogP contribution < -0.4 is 0 Å². The van der Waals surface area contributed by atoms with Crippen LogP contribution in [0.15, 0.2) is 30.0 Å². The lowest BCUT2D eigenvalue weighted by Crippen LogP contribution is -2.18. The van der Waals surface area contributed by atoms with E-state index < -0.39 is 17.9 Å². The average Bonchev–Trinajstić information content (AvgIpc) is 2.51. The van der Waals surface area contributed by atoms with E-state index in [2.05, 4.69) is 70.3 Å². The summed E-state index contributed by atoms with van der Waals surface area (Å²) in [5, 5.41) is 9.37. The number of carbonyl (C=O) groups is 3. The Morgan fingerprint density at radius 2 is 1.38 bits per heavy atom. The fourth-order valence-corrected chi connectivity index (χ4v) is 3.94. The van der Waals surface area contributed by atoms with Crippen molar-refractivity contribution in [1.82, 2.24) is 0 Å². The van der Waals surface area contributed by atoms with E-state index in [4.69, 9.17) is 9.47 Å². The molecule has 0 unspecified atom stereocenters. The van der Waals surface area contributed by atoms with Gasteiger partial charge < -0.3 is 14.6 Å². The minimum Gasteiger partial charge on any atom is -0.478 e. The Bertz CT molecular complexity index is 729. The molecule has 6 nitrogen and oxygen atoms in total. The standard InChI is InChI=1S/C14H10Br4O6/c1-5(2)13(21)23-3-4-24-14(22)7-6(12(19)20)8(15)10(17)11(18)9(7)16/h1,3-4H2,2H3,(H,19,20). The highest BCUT2D eigenvalue weighted by atomic mass is 79.9. The summed E-state index contributed by atoms with van der Waals surface area (Å²) in [5.41, 5.74) is -0.213. The summed E-state index contributed by atoms with van der Waals surface area (Å²) in [7, 11) is 0. The van der Waals surface area contributed by atoms with E-state index in [0.29, 0.717) is 8.95 Å². The summed E-state index contributed by atoms with van der Waals surface area (Å²) in [6.45, 7) is 4.51. The van der Waals surface area contributed by atoms with Gasteiger partial charge in [0.05, 0.1) is 11.1 Å². The third-order valence-corrected chi connectivity index (χ3v) is 7.35. The van der Waals surface area contributed by atoms with Gasteiger partial charge >= 0.3 is 17.9 Å². The van der Waals surface area contributed by atoms with Gasteiger partial charge in [-0.2, -0.15) is 0 Å². The molecule has 0 bridgehead atoms. The molecule has 0 spiro atoms. The van der Waals surface area contributed by atoms with Crippen LogP contribution in [0.4, 0.5) is 0 Å². The fourth-order valence-electron chi connectivity index (χ4n) is 1.49. The molecular weight excluding hydrogens is 584 g/mol. The largest absolute Gasteiger partial charge is 0.478 e. The summed E-state index contributed by atoms with van der Waals surface area (Å²) in [5.74, 6) is -2.79. The lowest BCUT2D eigenvalue weighted by atomic mass is 10.1. The molecule has 0 aromatic heterocycles. The van der Waals surface area contributed by atoms with Gasteiger partial charge in [-0.15, -0.1) is 0 Å². The highest BCUT2D eigenvalue weighted by Gasteiger charge is 2.28. The molecule has 0 heterocycles. The van der Waals surface area contributed by atoms with Gasteiger partial charge in [0.2, 0.25) is 0 Å². The predicted octanol–water partition coefficient (Wildman–Crippen LogP) is 4.71. The number of carboxylic acids is 1. The Hall–Kier alpha value is -0.710. The van der Waals surface area contributed by atoms with E-state index in [1.807, 2.05) is 0 Å². The van der Waals surface area contributed by atoms with Crippen LogP contribution in [0.2, 0.25) is 0 Å². The Morgan fingerprint density at radius 3 is 1.83 bits per heavy atom. The van der Waals surface area contributed by atoms with E-state index in [1.165, 1.54) is 6.92 Å². The Morgan fingerprint density at radius 1 is 0.917 bits per heavy atom. The Kier molecular flexibility index (Phi) is 8.10. The van der Waals surface area contributed by atoms with Gasteiger partial charge in [0.15, 0.2) is 0 Å². The van der Waals surface area contributed by atoms with Gasteiger partial charge in [0.25, 0.3) is 0 Å². The third-order valence-electron chi connectivity index (χ3n) is 2.58. The van der Waals surface area contributed by atoms with Crippen LogP contribution >= 0.6 is 63.7 Å². The van der Waals surface area contributed by atoms with Gasteiger partial charge in [0.1, 0.15) is 13.2 Å². The maximum absolute atomic E-state index is 12.3. The average molecular weight is 594 g/mol. The number of hydrogen-bond acceptors (Lipinski definition) is 5. The first-order chi connectivity index (χ1) is 11.1. The molecule has 130 valence electrons. The predicted molar refractivity (Wildman–Crippen MR) is 100 cm³/mol. The molecule has 1 aromatic carbocycles.